The quantitative estimate of drug-likeness (QED) is 0.252. The molecule has 0 amide bonds. The summed E-state index contributed by atoms with van der Waals surface area (Å²) >= 11 is 0. The molecule has 0 bridgehead atoms. The van der Waals surface area contributed by atoms with Crippen LogP contribution in [0.4, 0.5) is 0 Å². The molecule has 1 N–H and O–H groups in total. The van der Waals surface area contributed by atoms with Crippen LogP contribution in [0.5, 0.6) is 5.75 Å². The Morgan fingerprint density at radius 3 is 1.97 bits per heavy atom. The van der Waals surface area contributed by atoms with Gasteiger partial charge in [0.1, 0.15) is 5.75 Å². The molecule has 0 atom stereocenters. The first-order valence-corrected chi connectivity index (χ1v) is 15.1. The Hall–Kier alpha value is -2.09. The van der Waals surface area contributed by atoms with E-state index >= 15 is 0 Å². The maximum absolute atomic E-state index is 12.3. The molecule has 2 nitrogen and oxygen atoms in total. The molecule has 0 aromatic heterocycles. The Morgan fingerprint density at radius 2 is 1.36 bits per heavy atom. The average Bonchev–Trinajstić information content (AvgIpc) is 2.92. The van der Waals surface area contributed by atoms with Crippen molar-refractivity contribution >= 4 is 5.78 Å². The van der Waals surface area contributed by atoms with Crippen LogP contribution in [-0.4, -0.2) is 10.9 Å². The highest BCUT2D eigenvalue weighted by Crippen LogP contribution is 2.44. The number of unbranched alkanes of at least 4 members (excludes halogenated alkanes) is 3. The highest BCUT2D eigenvalue weighted by Gasteiger charge is 2.31. The van der Waals surface area contributed by atoms with E-state index in [1.807, 2.05) is 6.07 Å². The lowest BCUT2D eigenvalue weighted by atomic mass is 9.68. The predicted molar refractivity (Wildman–Crippen MR) is 152 cm³/mol. The molecule has 2 heteroatoms. The molecule has 0 spiro atoms. The second-order valence-corrected chi connectivity index (χ2v) is 11.8. The molecule has 0 heterocycles. The zero-order chi connectivity index (χ0) is 25.3. The number of benzene rings is 2. The van der Waals surface area contributed by atoms with Gasteiger partial charge in [0.15, 0.2) is 5.78 Å². The van der Waals surface area contributed by atoms with Crippen molar-refractivity contribution in [2.45, 2.75) is 116 Å². The Kier molecular flexibility index (Phi) is 10.1. The van der Waals surface area contributed by atoms with Crippen LogP contribution in [0, 0.1) is 17.8 Å². The Labute approximate surface area is 219 Å². The van der Waals surface area contributed by atoms with Crippen molar-refractivity contribution in [2.24, 2.45) is 17.8 Å². The first-order chi connectivity index (χ1) is 17.6. The molecule has 0 unspecified atom stereocenters. The highest BCUT2D eigenvalue weighted by molar-refractivity contribution is 5.99. The smallest absolute Gasteiger partial charge is 0.166 e. The lowest BCUT2D eigenvalue weighted by Gasteiger charge is -2.38. The number of Topliss-reactive ketones (excluding diaryl/α,β-unsaturated/α-hetero) is 1. The molecule has 2 aromatic rings. The van der Waals surface area contributed by atoms with Gasteiger partial charge in [-0.3, -0.25) is 4.79 Å². The molecule has 4 rings (SSSR count). The van der Waals surface area contributed by atoms with Crippen LogP contribution in [0.1, 0.15) is 132 Å². The normalized spacial score (nSPS) is 24.5. The summed E-state index contributed by atoms with van der Waals surface area (Å²) in [5, 5.41) is 10.5. The maximum atomic E-state index is 12.3. The van der Waals surface area contributed by atoms with Crippen LogP contribution in [0.2, 0.25) is 0 Å². The molecule has 2 aliphatic carbocycles. The molecule has 196 valence electrons. The number of rotatable bonds is 11. The van der Waals surface area contributed by atoms with E-state index in [-0.39, 0.29) is 11.5 Å². The molecule has 0 radical (unpaired) electrons. The monoisotopic (exact) mass is 488 g/mol. The molecule has 2 aromatic carbocycles. The Morgan fingerprint density at radius 1 is 0.750 bits per heavy atom. The SMILES string of the molecule is CCCCCC1CCC(C2CCC(c3ccc(-c4ccc(C(=O)CCCC)c(O)c4)cc3)CC2)CC1. The summed E-state index contributed by atoms with van der Waals surface area (Å²) in [5.74, 6) is 3.78. The first kappa shape index (κ1) is 27.0. The number of hydrogen-bond donors (Lipinski definition) is 1. The second kappa shape index (κ2) is 13.5. The van der Waals surface area contributed by atoms with E-state index in [4.69, 9.17) is 0 Å². The van der Waals surface area contributed by atoms with Gasteiger partial charge in [0.2, 0.25) is 0 Å². The minimum atomic E-state index is 0.0341. The van der Waals surface area contributed by atoms with E-state index in [0.717, 1.165) is 41.7 Å². The summed E-state index contributed by atoms with van der Waals surface area (Å²) < 4.78 is 0. The minimum Gasteiger partial charge on any atom is -0.507 e. The molecule has 0 aliphatic heterocycles. The average molecular weight is 489 g/mol. The second-order valence-electron chi connectivity index (χ2n) is 11.8. The van der Waals surface area contributed by atoms with Crippen LogP contribution in [0.3, 0.4) is 0 Å². The van der Waals surface area contributed by atoms with Gasteiger partial charge in [0.05, 0.1) is 5.56 Å². The fraction of sp³-hybridized carbons (Fsp3) is 0.618. The van der Waals surface area contributed by atoms with Crippen molar-refractivity contribution in [3.8, 4) is 16.9 Å². The van der Waals surface area contributed by atoms with E-state index in [2.05, 4.69) is 38.1 Å². The van der Waals surface area contributed by atoms with E-state index in [1.54, 1.807) is 12.1 Å². The third kappa shape index (κ3) is 7.02. The number of aromatic hydroxyl groups is 1. The van der Waals surface area contributed by atoms with Gasteiger partial charge in [0, 0.05) is 6.42 Å². The number of ketones is 1. The van der Waals surface area contributed by atoms with Gasteiger partial charge < -0.3 is 5.11 Å². The van der Waals surface area contributed by atoms with Crippen molar-refractivity contribution in [3.63, 3.8) is 0 Å². The van der Waals surface area contributed by atoms with Gasteiger partial charge in [0.25, 0.3) is 0 Å². The van der Waals surface area contributed by atoms with Crippen molar-refractivity contribution < 1.29 is 9.90 Å². The van der Waals surface area contributed by atoms with Crippen LogP contribution in [-0.2, 0) is 0 Å². The summed E-state index contributed by atoms with van der Waals surface area (Å²) in [7, 11) is 0. The molecule has 0 saturated heterocycles. The van der Waals surface area contributed by atoms with E-state index in [9.17, 15) is 9.90 Å². The zero-order valence-corrected chi connectivity index (χ0v) is 22.8. The fourth-order valence-corrected chi connectivity index (χ4v) is 6.92. The lowest BCUT2D eigenvalue weighted by molar-refractivity contribution is 0.0977. The first-order valence-electron chi connectivity index (χ1n) is 15.1. The zero-order valence-electron chi connectivity index (χ0n) is 22.8. The van der Waals surface area contributed by atoms with Crippen LogP contribution >= 0.6 is 0 Å². The van der Waals surface area contributed by atoms with E-state index in [1.165, 1.54) is 82.6 Å². The van der Waals surface area contributed by atoms with Crippen LogP contribution in [0.15, 0.2) is 42.5 Å². The van der Waals surface area contributed by atoms with Crippen LogP contribution in [0.25, 0.3) is 11.1 Å². The topological polar surface area (TPSA) is 37.3 Å². The van der Waals surface area contributed by atoms with Gasteiger partial charge in [-0.05, 0) is 97.4 Å². The summed E-state index contributed by atoms with van der Waals surface area (Å²) in [6, 6.07) is 14.5. The van der Waals surface area contributed by atoms with Gasteiger partial charge >= 0.3 is 0 Å². The lowest BCUT2D eigenvalue weighted by Crippen LogP contribution is -2.25. The van der Waals surface area contributed by atoms with Gasteiger partial charge in [-0.25, -0.2) is 0 Å². The minimum absolute atomic E-state index is 0.0341. The largest absolute Gasteiger partial charge is 0.507 e. The molecule has 2 aliphatic rings. The van der Waals surface area contributed by atoms with Crippen molar-refractivity contribution in [3.05, 3.63) is 53.6 Å². The maximum Gasteiger partial charge on any atom is 0.166 e. The summed E-state index contributed by atoms with van der Waals surface area (Å²) in [6.07, 6.45) is 19.4. The third-order valence-corrected chi connectivity index (χ3v) is 9.32. The number of hydrogen-bond acceptors (Lipinski definition) is 2. The van der Waals surface area contributed by atoms with Crippen molar-refractivity contribution in [2.75, 3.05) is 0 Å². The predicted octanol–water partition coefficient (Wildman–Crippen LogP) is 10.1. The van der Waals surface area contributed by atoms with Crippen molar-refractivity contribution in [1.29, 1.82) is 0 Å². The van der Waals surface area contributed by atoms with Crippen molar-refractivity contribution in [1.82, 2.24) is 0 Å². The Balaban J connectivity index is 1.27. The molecular formula is C34H48O2. The van der Waals surface area contributed by atoms with E-state index in [0.29, 0.717) is 17.9 Å². The third-order valence-electron chi connectivity index (χ3n) is 9.32. The van der Waals surface area contributed by atoms with Gasteiger partial charge in [-0.2, -0.15) is 0 Å². The van der Waals surface area contributed by atoms with Gasteiger partial charge in [-0.1, -0.05) is 89.1 Å². The van der Waals surface area contributed by atoms with Gasteiger partial charge in [-0.15, -0.1) is 0 Å². The Bertz CT molecular complexity index is 944. The fourth-order valence-electron chi connectivity index (χ4n) is 6.92. The number of carbonyl (C=O) groups excluding carboxylic acids is 1. The molecule has 36 heavy (non-hydrogen) atoms. The summed E-state index contributed by atoms with van der Waals surface area (Å²) in [4.78, 5) is 12.3. The molecule has 2 fully saturated rings. The van der Waals surface area contributed by atoms with E-state index < -0.39 is 0 Å². The summed E-state index contributed by atoms with van der Waals surface area (Å²) in [6.45, 7) is 4.39. The molecule has 2 saturated carbocycles. The number of carbonyl (C=O) groups is 1. The number of phenols is 1. The highest BCUT2D eigenvalue weighted by atomic mass is 16.3. The number of phenolic OH excluding ortho intramolecular Hbond substituents is 1. The standard InChI is InChI=1S/C34H48O2/c1-3-5-7-8-25-10-12-26(13-11-25)27-14-16-28(17-15-27)29-18-20-30(21-19-29)31-22-23-32(34(36)24-31)33(35)9-6-4-2/h18-28,36H,3-17H2,1-2H3. The van der Waals surface area contributed by atoms with Crippen LogP contribution < -0.4 is 0 Å². The molecular weight excluding hydrogens is 440 g/mol. The summed E-state index contributed by atoms with van der Waals surface area (Å²) in [5.41, 5.74) is 3.99.